The molecule has 18 heavy (non-hydrogen) atoms. The van der Waals surface area contributed by atoms with E-state index in [0.29, 0.717) is 30.2 Å². The van der Waals surface area contributed by atoms with Crippen molar-refractivity contribution in [3.63, 3.8) is 0 Å². The van der Waals surface area contributed by atoms with Crippen LogP contribution in [0.4, 0.5) is 11.4 Å². The van der Waals surface area contributed by atoms with E-state index < -0.39 is 4.92 Å². The molecule has 1 aromatic carbocycles. The van der Waals surface area contributed by atoms with E-state index in [1.807, 2.05) is 0 Å². The van der Waals surface area contributed by atoms with Crippen LogP contribution in [0.3, 0.4) is 0 Å². The second-order valence-corrected chi connectivity index (χ2v) is 3.49. The maximum Gasteiger partial charge on any atom is 0.296 e. The first-order valence-corrected chi connectivity index (χ1v) is 5.39. The van der Waals surface area contributed by atoms with Gasteiger partial charge in [-0.1, -0.05) is 0 Å². The topological polar surface area (TPSA) is 93.9 Å². The molecule has 0 saturated heterocycles. The lowest BCUT2D eigenvalue weighted by Crippen LogP contribution is -2.06. The molecule has 1 rings (SSSR count). The Morgan fingerprint density at radius 2 is 1.94 bits per heavy atom. The zero-order chi connectivity index (χ0) is 13.5. The van der Waals surface area contributed by atoms with Gasteiger partial charge in [-0.2, -0.15) is 0 Å². The van der Waals surface area contributed by atoms with Crippen molar-refractivity contribution < 1.29 is 19.5 Å². The molecule has 7 nitrogen and oxygen atoms in total. The molecule has 0 aromatic heterocycles. The van der Waals surface area contributed by atoms with Crippen LogP contribution in [0.2, 0.25) is 0 Å². The summed E-state index contributed by atoms with van der Waals surface area (Å²) in [4.78, 5) is 10.4. The van der Waals surface area contributed by atoms with Gasteiger partial charge < -0.3 is 19.9 Å². The monoisotopic (exact) mass is 256 g/mol. The van der Waals surface area contributed by atoms with Crippen molar-refractivity contribution in [3.05, 3.63) is 22.2 Å². The Kier molecular flexibility index (Phi) is 5.19. The molecule has 0 bridgehead atoms. The fourth-order valence-electron chi connectivity index (χ4n) is 1.46. The highest BCUT2D eigenvalue weighted by atomic mass is 16.6. The molecule has 0 unspecified atom stereocenters. The van der Waals surface area contributed by atoms with E-state index in [1.165, 1.54) is 26.4 Å². The van der Waals surface area contributed by atoms with E-state index in [-0.39, 0.29) is 12.3 Å². The molecule has 7 heteroatoms. The van der Waals surface area contributed by atoms with Crippen LogP contribution in [-0.2, 0) is 0 Å². The Labute approximate surface area is 104 Å². The zero-order valence-electron chi connectivity index (χ0n) is 10.3. The number of hydrogen-bond acceptors (Lipinski definition) is 6. The summed E-state index contributed by atoms with van der Waals surface area (Å²) >= 11 is 0. The predicted molar refractivity (Wildman–Crippen MR) is 66.4 cm³/mol. The Morgan fingerprint density at radius 3 is 2.44 bits per heavy atom. The van der Waals surface area contributed by atoms with Gasteiger partial charge in [-0.05, 0) is 6.42 Å². The number of nitrogens with zero attached hydrogens (tertiary/aromatic N) is 1. The average Bonchev–Trinajstić information content (AvgIpc) is 2.38. The first-order valence-electron chi connectivity index (χ1n) is 5.39. The molecule has 0 amide bonds. The quantitative estimate of drug-likeness (QED) is 0.435. The van der Waals surface area contributed by atoms with Crippen molar-refractivity contribution in [2.45, 2.75) is 6.42 Å². The van der Waals surface area contributed by atoms with E-state index in [0.717, 1.165) is 0 Å². The molecule has 0 aliphatic rings. The van der Waals surface area contributed by atoms with Gasteiger partial charge in [0.1, 0.15) is 5.69 Å². The fourth-order valence-corrected chi connectivity index (χ4v) is 1.46. The largest absolute Gasteiger partial charge is 0.493 e. The van der Waals surface area contributed by atoms with Gasteiger partial charge >= 0.3 is 0 Å². The fraction of sp³-hybridized carbons (Fsp3) is 0.455. The van der Waals surface area contributed by atoms with Gasteiger partial charge in [0.2, 0.25) is 0 Å². The lowest BCUT2D eigenvalue weighted by molar-refractivity contribution is -0.384. The predicted octanol–water partition coefficient (Wildman–Crippen LogP) is 1.41. The van der Waals surface area contributed by atoms with Gasteiger partial charge in [0.25, 0.3) is 5.69 Å². The molecule has 2 N–H and O–H groups in total. The highest BCUT2D eigenvalue weighted by Gasteiger charge is 2.19. The number of ether oxygens (including phenoxy) is 2. The second kappa shape index (κ2) is 6.65. The summed E-state index contributed by atoms with van der Waals surface area (Å²) in [6, 6.07) is 2.81. The van der Waals surface area contributed by atoms with Crippen LogP contribution in [0.5, 0.6) is 11.5 Å². The molecule has 0 radical (unpaired) electrons. The van der Waals surface area contributed by atoms with Crippen molar-refractivity contribution in [1.82, 2.24) is 0 Å². The van der Waals surface area contributed by atoms with Gasteiger partial charge in [0, 0.05) is 19.2 Å². The average molecular weight is 256 g/mol. The van der Waals surface area contributed by atoms with E-state index in [1.54, 1.807) is 0 Å². The molecule has 0 spiro atoms. The molecular weight excluding hydrogens is 240 g/mol. The number of nitrogens with one attached hydrogen (secondary N) is 1. The van der Waals surface area contributed by atoms with E-state index in [4.69, 9.17) is 14.6 Å². The van der Waals surface area contributed by atoms with Crippen LogP contribution in [0.1, 0.15) is 6.42 Å². The van der Waals surface area contributed by atoms with Crippen LogP contribution in [0.15, 0.2) is 12.1 Å². The van der Waals surface area contributed by atoms with Gasteiger partial charge in [-0.3, -0.25) is 10.1 Å². The number of benzene rings is 1. The summed E-state index contributed by atoms with van der Waals surface area (Å²) in [7, 11) is 2.88. The molecule has 0 aliphatic heterocycles. The van der Waals surface area contributed by atoms with Gasteiger partial charge in [0.05, 0.1) is 25.2 Å². The lowest BCUT2D eigenvalue weighted by Gasteiger charge is -2.11. The summed E-state index contributed by atoms with van der Waals surface area (Å²) in [5.74, 6) is 0.714. The van der Waals surface area contributed by atoms with Crippen LogP contribution < -0.4 is 14.8 Å². The molecule has 0 atom stereocenters. The maximum atomic E-state index is 10.9. The first kappa shape index (κ1) is 14.0. The smallest absolute Gasteiger partial charge is 0.296 e. The number of anilines is 1. The van der Waals surface area contributed by atoms with Gasteiger partial charge in [-0.25, -0.2) is 0 Å². The second-order valence-electron chi connectivity index (χ2n) is 3.49. The highest BCUT2D eigenvalue weighted by molar-refractivity contribution is 5.68. The highest BCUT2D eigenvalue weighted by Crippen LogP contribution is 2.37. The minimum atomic E-state index is -0.497. The molecular formula is C11H16N2O5. The molecule has 0 saturated carbocycles. The van der Waals surface area contributed by atoms with Gasteiger partial charge in [0.15, 0.2) is 11.5 Å². The number of nitro groups is 1. The van der Waals surface area contributed by atoms with E-state index in [9.17, 15) is 10.1 Å². The van der Waals surface area contributed by atoms with E-state index in [2.05, 4.69) is 5.32 Å². The lowest BCUT2D eigenvalue weighted by atomic mass is 10.2. The normalized spacial score (nSPS) is 9.94. The number of aliphatic hydroxyl groups is 1. The molecule has 0 heterocycles. The summed E-state index contributed by atoms with van der Waals surface area (Å²) in [6.07, 6.45) is 0.505. The minimum Gasteiger partial charge on any atom is -0.493 e. The third kappa shape index (κ3) is 3.24. The number of nitro benzene ring substituents is 1. The third-order valence-corrected chi connectivity index (χ3v) is 2.35. The van der Waals surface area contributed by atoms with Crippen LogP contribution in [-0.4, -0.2) is 37.4 Å². The van der Waals surface area contributed by atoms with E-state index >= 15 is 0 Å². The van der Waals surface area contributed by atoms with Crippen LogP contribution >= 0.6 is 0 Å². The van der Waals surface area contributed by atoms with Crippen LogP contribution in [0.25, 0.3) is 0 Å². The molecule has 1 aromatic rings. The summed E-state index contributed by atoms with van der Waals surface area (Å²) in [5, 5.41) is 22.5. The summed E-state index contributed by atoms with van der Waals surface area (Å²) < 4.78 is 10.1. The Bertz CT molecular complexity index is 422. The van der Waals surface area contributed by atoms with Gasteiger partial charge in [-0.15, -0.1) is 0 Å². The maximum absolute atomic E-state index is 10.9. The van der Waals surface area contributed by atoms with Crippen molar-refractivity contribution in [3.8, 4) is 11.5 Å². The minimum absolute atomic E-state index is 0.0219. The Morgan fingerprint density at radius 1 is 1.33 bits per heavy atom. The Balaban J connectivity index is 3.08. The summed E-state index contributed by atoms with van der Waals surface area (Å²) in [5.41, 5.74) is 0.247. The number of hydrogen-bond donors (Lipinski definition) is 2. The summed E-state index contributed by atoms with van der Waals surface area (Å²) in [6.45, 7) is 0.459. The van der Waals surface area contributed by atoms with Crippen molar-refractivity contribution in [2.75, 3.05) is 32.7 Å². The SMILES string of the molecule is COc1cc(NCCCO)c([N+](=O)[O-])cc1OC. The van der Waals surface area contributed by atoms with Crippen LogP contribution in [0, 0.1) is 10.1 Å². The number of methoxy groups -OCH3 is 2. The Hall–Kier alpha value is -2.02. The van der Waals surface area contributed by atoms with Crippen molar-refractivity contribution >= 4 is 11.4 Å². The van der Waals surface area contributed by atoms with Crippen molar-refractivity contribution in [2.24, 2.45) is 0 Å². The standard InChI is InChI=1S/C11H16N2O5/c1-17-10-6-8(12-4-3-5-14)9(13(15)16)7-11(10)18-2/h6-7,12,14H,3-5H2,1-2H3. The third-order valence-electron chi connectivity index (χ3n) is 2.35. The number of aliphatic hydroxyl groups excluding tert-OH is 1. The molecule has 0 aliphatic carbocycles. The zero-order valence-corrected chi connectivity index (χ0v) is 10.3. The molecule has 100 valence electrons. The van der Waals surface area contributed by atoms with Crippen molar-refractivity contribution in [1.29, 1.82) is 0 Å². The first-order chi connectivity index (χ1) is 8.63. The number of rotatable bonds is 7. The molecule has 0 fully saturated rings.